The van der Waals surface area contributed by atoms with Gasteiger partial charge in [-0.2, -0.15) is 4.98 Å². The van der Waals surface area contributed by atoms with Crippen molar-refractivity contribution in [2.24, 2.45) is 0 Å². The number of aromatic nitrogens is 2. The normalized spacial score (nSPS) is 11.4. The zero-order valence-corrected chi connectivity index (χ0v) is 28.8. The van der Waals surface area contributed by atoms with Crippen LogP contribution in [0.25, 0.3) is 100.0 Å². The Morgan fingerprint density at radius 3 is 1.38 bits per heavy atom. The minimum Gasteiger partial charge on any atom is -0.438 e. The molecule has 0 saturated carbocycles. The summed E-state index contributed by atoms with van der Waals surface area (Å²) in [5.74, 6) is 0.619. The zero-order valence-electron chi connectivity index (χ0n) is 28.8. The lowest BCUT2D eigenvalue weighted by Gasteiger charge is -2.11. The molecule has 3 nitrogen and oxygen atoms in total. The van der Waals surface area contributed by atoms with Crippen LogP contribution in [0.4, 0.5) is 0 Å². The molecule has 0 aliphatic rings. The van der Waals surface area contributed by atoms with E-state index in [1.165, 1.54) is 22.3 Å². The zero-order chi connectivity index (χ0) is 35.1. The molecule has 0 aliphatic heterocycles. The van der Waals surface area contributed by atoms with E-state index >= 15 is 0 Å². The summed E-state index contributed by atoms with van der Waals surface area (Å²) in [5.41, 5.74) is 13.4. The Labute approximate surface area is 307 Å². The van der Waals surface area contributed by atoms with E-state index in [0.717, 1.165) is 66.2 Å². The average Bonchev–Trinajstić information content (AvgIpc) is 3.63. The minimum absolute atomic E-state index is 0.573. The minimum atomic E-state index is 0.573. The van der Waals surface area contributed by atoms with Gasteiger partial charge in [-0.1, -0.05) is 164 Å². The smallest absolute Gasteiger partial charge is 0.231 e. The highest BCUT2D eigenvalue weighted by Crippen LogP contribution is 2.41. The number of nitrogens with zero attached hydrogens (tertiary/aromatic N) is 2. The third-order valence-electron chi connectivity index (χ3n) is 10.1. The van der Waals surface area contributed by atoms with Gasteiger partial charge in [-0.25, -0.2) is 4.98 Å². The van der Waals surface area contributed by atoms with Crippen molar-refractivity contribution in [1.82, 2.24) is 9.97 Å². The highest BCUT2D eigenvalue weighted by Gasteiger charge is 2.21. The standard InChI is InChI=1S/C50H32N2O/c1-3-13-33(14-4-1)36-18-9-20-38(29-36)40-22-11-24-42(31-40)48-47-46-44-26-8-7-17-35(44)27-28-45(46)53-50(47)52-49(51-48)43-25-12-23-41(32-43)39-21-10-19-37(30-39)34-15-5-2-6-16-34/h1-32H. The van der Waals surface area contributed by atoms with Crippen LogP contribution in [0, 0.1) is 0 Å². The molecule has 10 aromatic rings. The maximum atomic E-state index is 6.59. The summed E-state index contributed by atoms with van der Waals surface area (Å²) < 4.78 is 6.59. The van der Waals surface area contributed by atoms with Gasteiger partial charge in [0.2, 0.25) is 5.71 Å². The average molecular weight is 677 g/mol. The van der Waals surface area contributed by atoms with Gasteiger partial charge in [0, 0.05) is 16.5 Å². The second kappa shape index (κ2) is 12.9. The van der Waals surface area contributed by atoms with Crippen LogP contribution in [-0.2, 0) is 0 Å². The third-order valence-corrected chi connectivity index (χ3v) is 10.1. The number of fused-ring (bicyclic) bond motifs is 5. The highest BCUT2D eigenvalue weighted by molar-refractivity contribution is 6.21. The second-order valence-electron chi connectivity index (χ2n) is 13.4. The molecule has 3 heteroatoms. The lowest BCUT2D eigenvalue weighted by molar-refractivity contribution is 0.654. The third kappa shape index (κ3) is 5.65. The second-order valence-corrected chi connectivity index (χ2v) is 13.4. The van der Waals surface area contributed by atoms with E-state index in [0.29, 0.717) is 11.5 Å². The predicted molar refractivity (Wildman–Crippen MR) is 219 cm³/mol. The summed E-state index contributed by atoms with van der Waals surface area (Å²) in [6.07, 6.45) is 0. The van der Waals surface area contributed by atoms with Gasteiger partial charge in [-0.05, 0) is 85.6 Å². The van der Waals surface area contributed by atoms with Gasteiger partial charge >= 0.3 is 0 Å². The Morgan fingerprint density at radius 1 is 0.321 bits per heavy atom. The van der Waals surface area contributed by atoms with E-state index in [1.54, 1.807) is 0 Å². The van der Waals surface area contributed by atoms with E-state index in [1.807, 2.05) is 6.07 Å². The Bertz CT molecular complexity index is 2950. The molecule has 0 atom stereocenters. The van der Waals surface area contributed by atoms with Crippen LogP contribution in [0.2, 0.25) is 0 Å². The van der Waals surface area contributed by atoms with Gasteiger partial charge in [0.25, 0.3) is 0 Å². The first kappa shape index (κ1) is 30.7. The fourth-order valence-corrected chi connectivity index (χ4v) is 7.48. The SMILES string of the molecule is c1ccc(-c2cccc(-c3cccc(-c4nc(-c5cccc(-c6cccc(-c7ccccc7)c6)c5)c5c(n4)oc4ccc6ccccc6c45)c3)c2)cc1. The summed E-state index contributed by atoms with van der Waals surface area (Å²) in [6, 6.07) is 68.2. The van der Waals surface area contributed by atoms with Gasteiger partial charge < -0.3 is 4.42 Å². The summed E-state index contributed by atoms with van der Waals surface area (Å²) >= 11 is 0. The number of benzene rings is 8. The first-order valence-electron chi connectivity index (χ1n) is 17.9. The van der Waals surface area contributed by atoms with Crippen LogP contribution in [0.5, 0.6) is 0 Å². The lowest BCUT2D eigenvalue weighted by Crippen LogP contribution is -1.95. The largest absolute Gasteiger partial charge is 0.438 e. The van der Waals surface area contributed by atoms with Crippen molar-refractivity contribution in [3.05, 3.63) is 194 Å². The number of furan rings is 1. The van der Waals surface area contributed by atoms with E-state index in [-0.39, 0.29) is 0 Å². The van der Waals surface area contributed by atoms with Crippen molar-refractivity contribution >= 4 is 32.8 Å². The molecule has 248 valence electrons. The summed E-state index contributed by atoms with van der Waals surface area (Å²) in [4.78, 5) is 10.5. The molecule has 0 radical (unpaired) electrons. The maximum Gasteiger partial charge on any atom is 0.231 e. The molecular weight excluding hydrogens is 645 g/mol. The van der Waals surface area contributed by atoms with Crippen molar-refractivity contribution < 1.29 is 4.42 Å². The highest BCUT2D eigenvalue weighted by atomic mass is 16.3. The van der Waals surface area contributed by atoms with Crippen molar-refractivity contribution in [2.45, 2.75) is 0 Å². The van der Waals surface area contributed by atoms with Crippen LogP contribution in [0.1, 0.15) is 0 Å². The van der Waals surface area contributed by atoms with E-state index in [9.17, 15) is 0 Å². The van der Waals surface area contributed by atoms with Crippen LogP contribution >= 0.6 is 0 Å². The van der Waals surface area contributed by atoms with Gasteiger partial charge in [-0.3, -0.25) is 0 Å². The molecular formula is C50H32N2O. The van der Waals surface area contributed by atoms with Crippen LogP contribution in [0.15, 0.2) is 199 Å². The molecule has 0 spiro atoms. The van der Waals surface area contributed by atoms with Crippen molar-refractivity contribution in [2.75, 3.05) is 0 Å². The Kier molecular flexibility index (Phi) is 7.47. The molecule has 2 aromatic heterocycles. The molecule has 0 amide bonds. The molecule has 0 aliphatic carbocycles. The van der Waals surface area contributed by atoms with Crippen molar-refractivity contribution in [3.63, 3.8) is 0 Å². The molecule has 2 heterocycles. The Hall–Kier alpha value is -7.10. The number of hydrogen-bond donors (Lipinski definition) is 0. The molecule has 0 unspecified atom stereocenters. The molecule has 0 fully saturated rings. The summed E-state index contributed by atoms with van der Waals surface area (Å²) in [6.45, 7) is 0. The van der Waals surface area contributed by atoms with E-state index in [4.69, 9.17) is 14.4 Å². The number of hydrogen-bond acceptors (Lipinski definition) is 3. The Balaban J connectivity index is 1.15. The topological polar surface area (TPSA) is 38.9 Å². The molecule has 10 rings (SSSR count). The van der Waals surface area contributed by atoms with Crippen LogP contribution < -0.4 is 0 Å². The maximum absolute atomic E-state index is 6.59. The molecule has 0 bridgehead atoms. The van der Waals surface area contributed by atoms with Crippen LogP contribution in [0.3, 0.4) is 0 Å². The molecule has 0 N–H and O–H groups in total. The Morgan fingerprint density at radius 2 is 0.774 bits per heavy atom. The predicted octanol–water partition coefficient (Wildman–Crippen LogP) is 13.5. The molecule has 53 heavy (non-hydrogen) atoms. The quantitative estimate of drug-likeness (QED) is 0.176. The van der Waals surface area contributed by atoms with E-state index in [2.05, 4.69) is 188 Å². The monoisotopic (exact) mass is 676 g/mol. The first-order valence-corrected chi connectivity index (χ1v) is 17.9. The first-order chi connectivity index (χ1) is 26.2. The van der Waals surface area contributed by atoms with Crippen molar-refractivity contribution in [1.29, 1.82) is 0 Å². The molecule has 8 aromatic carbocycles. The fraction of sp³-hybridized carbons (Fsp3) is 0. The van der Waals surface area contributed by atoms with Gasteiger partial charge in [0.15, 0.2) is 5.82 Å². The number of rotatable bonds is 6. The van der Waals surface area contributed by atoms with Gasteiger partial charge in [0.05, 0.1) is 11.1 Å². The van der Waals surface area contributed by atoms with Gasteiger partial charge in [-0.15, -0.1) is 0 Å². The summed E-state index contributed by atoms with van der Waals surface area (Å²) in [7, 11) is 0. The van der Waals surface area contributed by atoms with Gasteiger partial charge in [0.1, 0.15) is 5.58 Å². The molecule has 0 saturated heterocycles. The van der Waals surface area contributed by atoms with Crippen LogP contribution in [-0.4, -0.2) is 9.97 Å². The van der Waals surface area contributed by atoms with E-state index < -0.39 is 0 Å². The summed E-state index contributed by atoms with van der Waals surface area (Å²) in [5, 5.41) is 4.22. The van der Waals surface area contributed by atoms with Crippen molar-refractivity contribution in [3.8, 4) is 67.2 Å². The lowest BCUT2D eigenvalue weighted by atomic mass is 9.96. The fourth-order valence-electron chi connectivity index (χ4n) is 7.48.